The zero-order chi connectivity index (χ0) is 10.3. The molecule has 1 fully saturated rings. The zero-order valence-electron chi connectivity index (χ0n) is 8.45. The molecule has 1 aliphatic carbocycles. The van der Waals surface area contributed by atoms with Gasteiger partial charge in [-0.25, -0.2) is 4.79 Å². The lowest BCUT2D eigenvalue weighted by Gasteiger charge is -2.32. The Hall–Kier alpha value is -1.51. The van der Waals surface area contributed by atoms with Crippen LogP contribution in [0.15, 0.2) is 24.3 Å². The van der Waals surface area contributed by atoms with Crippen LogP contribution in [0.4, 0.5) is 4.79 Å². The minimum absolute atomic E-state index is 0.285. The van der Waals surface area contributed by atoms with Crippen molar-refractivity contribution in [2.45, 2.75) is 24.9 Å². The lowest BCUT2D eigenvalue weighted by molar-refractivity contribution is 0.0396. The van der Waals surface area contributed by atoms with E-state index in [1.165, 1.54) is 11.1 Å². The maximum atomic E-state index is 11.2. The molecule has 1 saturated heterocycles. The minimum atomic E-state index is -0.383. The molecular formula is C12H13NO2. The topological polar surface area (TPSA) is 38.3 Å². The van der Waals surface area contributed by atoms with Gasteiger partial charge in [0.25, 0.3) is 0 Å². The first-order chi connectivity index (χ1) is 7.30. The number of amides is 1. The molecule has 15 heavy (non-hydrogen) atoms. The highest BCUT2D eigenvalue weighted by molar-refractivity contribution is 5.71. The van der Waals surface area contributed by atoms with E-state index in [9.17, 15) is 4.79 Å². The van der Waals surface area contributed by atoms with Crippen molar-refractivity contribution >= 4 is 6.09 Å². The lowest BCUT2D eigenvalue weighted by atomic mass is 9.79. The third kappa shape index (κ3) is 1.23. The molecule has 1 heterocycles. The highest BCUT2D eigenvalue weighted by atomic mass is 16.6. The predicted octanol–water partition coefficient (Wildman–Crippen LogP) is 1.96. The Labute approximate surface area is 88.4 Å². The summed E-state index contributed by atoms with van der Waals surface area (Å²) in [4.78, 5) is 11.2. The first-order valence-electron chi connectivity index (χ1n) is 5.35. The molecule has 2 aliphatic rings. The van der Waals surface area contributed by atoms with Gasteiger partial charge in [-0.2, -0.15) is 0 Å². The van der Waals surface area contributed by atoms with Crippen LogP contribution in [0.25, 0.3) is 0 Å². The highest BCUT2D eigenvalue weighted by Crippen LogP contribution is 2.40. The average molecular weight is 203 g/mol. The molecule has 1 aliphatic heterocycles. The van der Waals surface area contributed by atoms with Gasteiger partial charge in [-0.05, 0) is 24.8 Å². The summed E-state index contributed by atoms with van der Waals surface area (Å²) in [6, 6.07) is 8.26. The van der Waals surface area contributed by atoms with Crippen LogP contribution in [-0.2, 0) is 16.8 Å². The van der Waals surface area contributed by atoms with Crippen LogP contribution in [-0.4, -0.2) is 12.6 Å². The van der Waals surface area contributed by atoms with Crippen molar-refractivity contribution in [3.05, 3.63) is 35.4 Å². The summed E-state index contributed by atoms with van der Waals surface area (Å²) in [5.41, 5.74) is 2.13. The smallest absolute Gasteiger partial charge is 0.408 e. The summed E-state index contributed by atoms with van der Waals surface area (Å²) in [5.74, 6) is 0. The molecule has 1 aromatic carbocycles. The molecule has 0 saturated carbocycles. The third-order valence-corrected chi connectivity index (χ3v) is 3.34. The molecule has 0 bridgehead atoms. The molecule has 78 valence electrons. The number of aryl methyl sites for hydroxylation is 1. The van der Waals surface area contributed by atoms with Crippen LogP contribution in [0.1, 0.15) is 24.0 Å². The Balaban J connectivity index is 2.09. The van der Waals surface area contributed by atoms with Gasteiger partial charge < -0.3 is 10.1 Å². The van der Waals surface area contributed by atoms with E-state index >= 15 is 0 Å². The molecule has 1 spiro atoms. The Bertz CT molecular complexity index is 416. The lowest BCUT2D eigenvalue weighted by Crippen LogP contribution is -2.34. The van der Waals surface area contributed by atoms with E-state index in [4.69, 9.17) is 4.74 Å². The second-order valence-corrected chi connectivity index (χ2v) is 4.25. The van der Waals surface area contributed by atoms with Crippen LogP contribution >= 0.6 is 0 Å². The van der Waals surface area contributed by atoms with Gasteiger partial charge in [0, 0.05) is 5.56 Å². The number of benzene rings is 1. The number of fused-ring (bicyclic) bond motifs is 2. The van der Waals surface area contributed by atoms with Crippen molar-refractivity contribution in [1.29, 1.82) is 0 Å². The van der Waals surface area contributed by atoms with E-state index in [0.29, 0.717) is 6.54 Å². The normalized spacial score (nSPS) is 28.4. The predicted molar refractivity (Wildman–Crippen MR) is 55.5 cm³/mol. The van der Waals surface area contributed by atoms with Gasteiger partial charge in [0.05, 0.1) is 6.54 Å². The zero-order valence-corrected chi connectivity index (χ0v) is 8.45. The van der Waals surface area contributed by atoms with Crippen molar-refractivity contribution in [2.24, 2.45) is 0 Å². The van der Waals surface area contributed by atoms with Gasteiger partial charge in [-0.15, -0.1) is 0 Å². The average Bonchev–Trinajstić information content (AvgIpc) is 2.62. The number of alkyl carbamates (subject to hydrolysis) is 1. The molecule has 3 heteroatoms. The first-order valence-corrected chi connectivity index (χ1v) is 5.35. The quantitative estimate of drug-likeness (QED) is 0.700. The number of carbonyl (C=O) groups is 1. The SMILES string of the molecule is O=C1NCC2(CCCc3ccccc32)O1. The minimum Gasteiger partial charge on any atom is -0.436 e. The fraction of sp³-hybridized carbons (Fsp3) is 0.417. The molecule has 1 unspecified atom stereocenters. The van der Waals surface area contributed by atoms with Gasteiger partial charge in [0.1, 0.15) is 0 Å². The Morgan fingerprint density at radius 2 is 2.20 bits per heavy atom. The maximum Gasteiger partial charge on any atom is 0.408 e. The van der Waals surface area contributed by atoms with Crippen LogP contribution in [0.5, 0.6) is 0 Å². The van der Waals surface area contributed by atoms with Crippen LogP contribution in [0.2, 0.25) is 0 Å². The largest absolute Gasteiger partial charge is 0.436 e. The van der Waals surface area contributed by atoms with Gasteiger partial charge in [-0.1, -0.05) is 24.3 Å². The number of ether oxygens (including phenoxy) is 1. The van der Waals surface area contributed by atoms with E-state index in [2.05, 4.69) is 17.4 Å². The van der Waals surface area contributed by atoms with E-state index in [0.717, 1.165) is 19.3 Å². The molecule has 1 aromatic rings. The highest BCUT2D eigenvalue weighted by Gasteiger charge is 2.44. The van der Waals surface area contributed by atoms with Gasteiger partial charge in [-0.3, -0.25) is 0 Å². The molecule has 0 aromatic heterocycles. The molecule has 3 nitrogen and oxygen atoms in total. The van der Waals surface area contributed by atoms with Crippen molar-refractivity contribution in [3.8, 4) is 0 Å². The van der Waals surface area contributed by atoms with E-state index in [1.807, 2.05) is 12.1 Å². The van der Waals surface area contributed by atoms with Crippen molar-refractivity contribution in [2.75, 3.05) is 6.54 Å². The second kappa shape index (κ2) is 2.99. The summed E-state index contributed by atoms with van der Waals surface area (Å²) in [6.45, 7) is 0.614. The summed E-state index contributed by atoms with van der Waals surface area (Å²) >= 11 is 0. The van der Waals surface area contributed by atoms with Crippen LogP contribution < -0.4 is 5.32 Å². The van der Waals surface area contributed by atoms with Crippen LogP contribution in [0, 0.1) is 0 Å². The second-order valence-electron chi connectivity index (χ2n) is 4.25. The Morgan fingerprint density at radius 1 is 1.33 bits per heavy atom. The van der Waals surface area contributed by atoms with Crippen molar-refractivity contribution < 1.29 is 9.53 Å². The number of hydrogen-bond donors (Lipinski definition) is 1. The fourth-order valence-corrected chi connectivity index (χ4v) is 2.64. The Kier molecular flexibility index (Phi) is 1.75. The van der Waals surface area contributed by atoms with E-state index in [1.54, 1.807) is 0 Å². The number of rotatable bonds is 0. The van der Waals surface area contributed by atoms with Gasteiger partial charge in [0.2, 0.25) is 0 Å². The standard InChI is InChI=1S/C12H13NO2/c14-11-13-8-12(15-11)7-3-5-9-4-1-2-6-10(9)12/h1-2,4,6H,3,5,7-8H2,(H,13,14). The molecule has 1 atom stereocenters. The molecule has 1 N–H and O–H groups in total. The molecule has 3 rings (SSSR count). The van der Waals surface area contributed by atoms with Gasteiger partial charge in [0.15, 0.2) is 5.60 Å². The van der Waals surface area contributed by atoms with Crippen molar-refractivity contribution in [1.82, 2.24) is 5.32 Å². The van der Waals surface area contributed by atoms with Gasteiger partial charge >= 0.3 is 6.09 Å². The molecule has 0 radical (unpaired) electrons. The third-order valence-electron chi connectivity index (χ3n) is 3.34. The fourth-order valence-electron chi connectivity index (χ4n) is 2.64. The maximum absolute atomic E-state index is 11.2. The van der Waals surface area contributed by atoms with E-state index < -0.39 is 0 Å². The number of carbonyl (C=O) groups excluding carboxylic acids is 1. The first kappa shape index (κ1) is 8.77. The summed E-state index contributed by atoms with van der Waals surface area (Å²) in [7, 11) is 0. The van der Waals surface area contributed by atoms with Crippen molar-refractivity contribution in [3.63, 3.8) is 0 Å². The number of hydrogen-bond acceptors (Lipinski definition) is 2. The van der Waals surface area contributed by atoms with E-state index in [-0.39, 0.29) is 11.7 Å². The molecule has 1 amide bonds. The molecular weight excluding hydrogens is 190 g/mol. The summed E-state index contributed by atoms with van der Waals surface area (Å²) in [6.07, 6.45) is 2.83. The monoisotopic (exact) mass is 203 g/mol. The number of nitrogens with one attached hydrogen (secondary N) is 1. The summed E-state index contributed by atoms with van der Waals surface area (Å²) < 4.78 is 5.47. The van der Waals surface area contributed by atoms with Crippen LogP contribution in [0.3, 0.4) is 0 Å². The Morgan fingerprint density at radius 3 is 3.00 bits per heavy atom. The summed E-state index contributed by atoms with van der Waals surface area (Å²) in [5, 5.41) is 2.76.